The first-order valence-electron chi connectivity index (χ1n) is 6.05. The molecule has 1 spiro atoms. The SMILES string of the molecule is CN1CC2CC23C1CN3C(=O)OC(C)(C)C. The van der Waals surface area contributed by atoms with Crippen LogP contribution in [0.15, 0.2) is 0 Å². The zero-order chi connectivity index (χ0) is 11.7. The molecule has 0 N–H and O–H groups in total. The Labute approximate surface area is 96.5 Å². The Balaban J connectivity index is 1.69. The lowest BCUT2D eigenvalue weighted by Crippen LogP contribution is -2.67. The Bertz CT molecular complexity index is 349. The predicted octanol–water partition coefficient (Wildman–Crippen LogP) is 1.31. The summed E-state index contributed by atoms with van der Waals surface area (Å²) in [6, 6.07) is 0.588. The van der Waals surface area contributed by atoms with Crippen molar-refractivity contribution in [2.75, 3.05) is 20.1 Å². The zero-order valence-corrected chi connectivity index (χ0v) is 10.5. The summed E-state index contributed by atoms with van der Waals surface area (Å²) in [5.41, 5.74) is -0.217. The number of likely N-dealkylation sites (tertiary alicyclic amines) is 2. The van der Waals surface area contributed by atoms with Crippen LogP contribution in [0.5, 0.6) is 0 Å². The van der Waals surface area contributed by atoms with Gasteiger partial charge in [-0.15, -0.1) is 0 Å². The van der Waals surface area contributed by atoms with Gasteiger partial charge >= 0.3 is 6.09 Å². The molecule has 1 saturated carbocycles. The minimum atomic E-state index is -0.381. The van der Waals surface area contributed by atoms with Gasteiger partial charge in [0, 0.05) is 13.1 Å². The van der Waals surface area contributed by atoms with E-state index in [1.54, 1.807) is 0 Å². The van der Waals surface area contributed by atoms with Gasteiger partial charge in [-0.1, -0.05) is 0 Å². The van der Waals surface area contributed by atoms with Crippen LogP contribution in [0.25, 0.3) is 0 Å². The number of likely N-dealkylation sites (N-methyl/N-ethyl adjacent to an activating group) is 1. The lowest BCUT2D eigenvalue weighted by molar-refractivity contribution is -0.0388. The fourth-order valence-corrected chi connectivity index (χ4v) is 3.42. The van der Waals surface area contributed by atoms with E-state index in [0.29, 0.717) is 12.0 Å². The molecule has 0 bridgehead atoms. The first-order chi connectivity index (χ1) is 7.34. The number of hydrogen-bond acceptors (Lipinski definition) is 3. The summed E-state index contributed by atoms with van der Waals surface area (Å²) in [6.45, 7) is 7.76. The predicted molar refractivity (Wildman–Crippen MR) is 60.2 cm³/mol. The molecule has 1 aliphatic carbocycles. The molecule has 0 radical (unpaired) electrons. The molecule has 0 aromatic carbocycles. The van der Waals surface area contributed by atoms with E-state index in [-0.39, 0.29) is 17.2 Å². The molecule has 4 nitrogen and oxygen atoms in total. The number of carbonyl (C=O) groups is 1. The van der Waals surface area contributed by atoms with E-state index < -0.39 is 0 Å². The highest BCUT2D eigenvalue weighted by atomic mass is 16.6. The zero-order valence-electron chi connectivity index (χ0n) is 10.5. The number of hydrogen-bond donors (Lipinski definition) is 0. The van der Waals surface area contributed by atoms with Crippen LogP contribution >= 0.6 is 0 Å². The Hall–Kier alpha value is -0.770. The van der Waals surface area contributed by atoms with E-state index in [4.69, 9.17) is 4.74 Å². The molecule has 3 fully saturated rings. The summed E-state index contributed by atoms with van der Waals surface area (Å²) >= 11 is 0. The summed E-state index contributed by atoms with van der Waals surface area (Å²) in [5, 5.41) is 0. The fraction of sp³-hybridized carbons (Fsp3) is 0.917. The van der Waals surface area contributed by atoms with Gasteiger partial charge in [-0.25, -0.2) is 4.79 Å². The van der Waals surface area contributed by atoms with Crippen molar-refractivity contribution < 1.29 is 9.53 Å². The molecule has 3 atom stereocenters. The number of ether oxygens (including phenoxy) is 1. The van der Waals surface area contributed by atoms with Gasteiger partial charge in [0.25, 0.3) is 0 Å². The van der Waals surface area contributed by atoms with Crippen molar-refractivity contribution in [3.8, 4) is 0 Å². The molecule has 0 aromatic rings. The second-order valence-corrected chi connectivity index (χ2v) is 6.44. The van der Waals surface area contributed by atoms with Crippen molar-refractivity contribution in [2.45, 2.75) is 44.4 Å². The van der Waals surface area contributed by atoms with Crippen LogP contribution in [0, 0.1) is 5.92 Å². The fourth-order valence-electron chi connectivity index (χ4n) is 3.42. The number of carbonyl (C=O) groups excluding carboxylic acids is 1. The third-order valence-corrected chi connectivity index (χ3v) is 4.21. The van der Waals surface area contributed by atoms with Crippen molar-refractivity contribution >= 4 is 6.09 Å². The van der Waals surface area contributed by atoms with Gasteiger partial charge in [-0.05, 0) is 40.2 Å². The van der Waals surface area contributed by atoms with Gasteiger partial charge in [-0.3, -0.25) is 9.80 Å². The third-order valence-electron chi connectivity index (χ3n) is 4.21. The summed E-state index contributed by atoms with van der Waals surface area (Å²) in [5.74, 6) is 0.698. The van der Waals surface area contributed by atoms with Crippen LogP contribution in [0.1, 0.15) is 27.2 Å². The molecule has 90 valence electrons. The van der Waals surface area contributed by atoms with Crippen LogP contribution in [0.3, 0.4) is 0 Å². The maximum absolute atomic E-state index is 12.0. The highest BCUT2D eigenvalue weighted by Gasteiger charge is 2.75. The Morgan fingerprint density at radius 2 is 2.06 bits per heavy atom. The maximum atomic E-state index is 12.0. The first kappa shape index (κ1) is 10.4. The van der Waals surface area contributed by atoms with Crippen LogP contribution in [0.2, 0.25) is 0 Å². The van der Waals surface area contributed by atoms with Gasteiger partial charge in [0.05, 0.1) is 11.6 Å². The van der Waals surface area contributed by atoms with Gasteiger partial charge in [0.15, 0.2) is 0 Å². The smallest absolute Gasteiger partial charge is 0.410 e. The first-order valence-corrected chi connectivity index (χ1v) is 6.05. The van der Waals surface area contributed by atoms with E-state index in [1.807, 2.05) is 25.7 Å². The summed E-state index contributed by atoms with van der Waals surface area (Å²) in [4.78, 5) is 16.3. The highest BCUT2D eigenvalue weighted by molar-refractivity contribution is 5.72. The third kappa shape index (κ3) is 1.16. The van der Waals surface area contributed by atoms with E-state index >= 15 is 0 Å². The highest BCUT2D eigenvalue weighted by Crippen LogP contribution is 2.62. The molecule has 3 unspecified atom stereocenters. The van der Waals surface area contributed by atoms with Crippen LogP contribution in [-0.4, -0.2) is 53.2 Å². The number of nitrogens with zero attached hydrogens (tertiary/aromatic N) is 2. The second-order valence-electron chi connectivity index (χ2n) is 6.44. The number of rotatable bonds is 0. The standard InChI is InChI=1S/C12H20N2O2/c1-11(2,3)16-10(15)14-7-9-12(14)5-8(12)6-13(9)4/h8-9H,5-7H2,1-4H3. The Morgan fingerprint density at radius 3 is 2.62 bits per heavy atom. The number of amides is 1. The van der Waals surface area contributed by atoms with Crippen LogP contribution in [0.4, 0.5) is 4.79 Å². The van der Waals surface area contributed by atoms with Gasteiger partial charge < -0.3 is 4.74 Å². The lowest BCUT2D eigenvalue weighted by Gasteiger charge is -2.49. The van der Waals surface area contributed by atoms with E-state index in [9.17, 15) is 4.79 Å². The van der Waals surface area contributed by atoms with Crippen molar-refractivity contribution in [3.63, 3.8) is 0 Å². The molecule has 2 aliphatic heterocycles. The van der Waals surface area contributed by atoms with Gasteiger partial charge in [0.2, 0.25) is 0 Å². The normalized spacial score (nSPS) is 41.1. The average molecular weight is 224 g/mol. The van der Waals surface area contributed by atoms with E-state index in [2.05, 4.69) is 11.9 Å². The summed E-state index contributed by atoms with van der Waals surface area (Å²) < 4.78 is 5.45. The minimum absolute atomic E-state index is 0.124. The molecule has 16 heavy (non-hydrogen) atoms. The Kier molecular flexibility index (Phi) is 1.77. The van der Waals surface area contributed by atoms with Crippen LogP contribution in [-0.2, 0) is 4.74 Å². The summed E-state index contributed by atoms with van der Waals surface area (Å²) in [6.07, 6.45) is 1.06. The van der Waals surface area contributed by atoms with E-state index in [0.717, 1.165) is 13.1 Å². The molecule has 0 aromatic heterocycles. The molecule has 2 heterocycles. The molecule has 3 rings (SSSR count). The molecule has 2 saturated heterocycles. The van der Waals surface area contributed by atoms with Crippen molar-refractivity contribution in [1.29, 1.82) is 0 Å². The van der Waals surface area contributed by atoms with Crippen molar-refractivity contribution in [3.05, 3.63) is 0 Å². The lowest BCUT2D eigenvalue weighted by atomic mass is 9.94. The minimum Gasteiger partial charge on any atom is -0.444 e. The molecular weight excluding hydrogens is 204 g/mol. The summed E-state index contributed by atoms with van der Waals surface area (Å²) in [7, 11) is 2.16. The van der Waals surface area contributed by atoms with Crippen LogP contribution < -0.4 is 0 Å². The average Bonchev–Trinajstić information content (AvgIpc) is 2.70. The van der Waals surface area contributed by atoms with Crippen molar-refractivity contribution in [2.24, 2.45) is 5.92 Å². The second kappa shape index (κ2) is 2.73. The van der Waals surface area contributed by atoms with E-state index in [1.165, 1.54) is 6.42 Å². The van der Waals surface area contributed by atoms with Crippen molar-refractivity contribution in [1.82, 2.24) is 9.80 Å². The molecule has 1 amide bonds. The molecular formula is C12H20N2O2. The molecule has 3 aliphatic rings. The quantitative estimate of drug-likeness (QED) is 0.622. The largest absolute Gasteiger partial charge is 0.444 e. The van der Waals surface area contributed by atoms with Gasteiger partial charge in [0.1, 0.15) is 5.60 Å². The van der Waals surface area contributed by atoms with Gasteiger partial charge in [-0.2, -0.15) is 0 Å². The topological polar surface area (TPSA) is 32.8 Å². The number of piperidine rings is 1. The molecule has 4 heteroatoms. The maximum Gasteiger partial charge on any atom is 0.410 e. The monoisotopic (exact) mass is 224 g/mol. The Morgan fingerprint density at radius 1 is 1.38 bits per heavy atom.